The molecule has 0 saturated heterocycles. The molecule has 20 heavy (non-hydrogen) atoms. The maximum Gasteiger partial charge on any atom is 0.126 e. The predicted molar refractivity (Wildman–Crippen MR) is 73.6 cm³/mol. The lowest BCUT2D eigenvalue weighted by molar-refractivity contribution is 0.178. The van der Waals surface area contributed by atoms with Gasteiger partial charge in [-0.25, -0.2) is 8.78 Å². The van der Waals surface area contributed by atoms with Crippen LogP contribution in [0.5, 0.6) is 0 Å². The molecule has 1 aromatic carbocycles. The highest BCUT2D eigenvalue weighted by Crippen LogP contribution is 2.32. The molecule has 1 heterocycles. The molecule has 0 aliphatic carbocycles. The fourth-order valence-corrected chi connectivity index (χ4v) is 2.79. The van der Waals surface area contributed by atoms with Crippen LogP contribution in [-0.4, -0.2) is 14.7 Å². The number of hydrogen-bond donors (Lipinski definition) is 1. The van der Waals surface area contributed by atoms with Gasteiger partial charge in [-0.15, -0.1) is 5.10 Å². The SMILES string of the molecule is CC(C)(C)c1nnsc1C(O)Cc1cc(F)ccc1F. The Morgan fingerprint density at radius 2 is 2.00 bits per heavy atom. The van der Waals surface area contributed by atoms with E-state index < -0.39 is 17.7 Å². The Morgan fingerprint density at radius 3 is 2.65 bits per heavy atom. The summed E-state index contributed by atoms with van der Waals surface area (Å²) in [5.74, 6) is -1.05. The van der Waals surface area contributed by atoms with Crippen molar-refractivity contribution in [2.45, 2.75) is 38.7 Å². The highest BCUT2D eigenvalue weighted by molar-refractivity contribution is 7.05. The van der Waals surface area contributed by atoms with E-state index in [0.29, 0.717) is 10.6 Å². The van der Waals surface area contributed by atoms with Gasteiger partial charge in [-0.05, 0) is 35.3 Å². The predicted octanol–water partition coefficient (Wildman–Crippen LogP) is 3.39. The van der Waals surface area contributed by atoms with Gasteiger partial charge in [-0.1, -0.05) is 25.3 Å². The highest BCUT2D eigenvalue weighted by Gasteiger charge is 2.26. The zero-order valence-electron chi connectivity index (χ0n) is 11.5. The van der Waals surface area contributed by atoms with E-state index in [4.69, 9.17) is 0 Å². The molecule has 6 heteroatoms. The van der Waals surface area contributed by atoms with Gasteiger partial charge in [0.25, 0.3) is 0 Å². The summed E-state index contributed by atoms with van der Waals surface area (Å²) in [4.78, 5) is 0.598. The molecule has 0 aliphatic rings. The van der Waals surface area contributed by atoms with Crippen molar-refractivity contribution >= 4 is 11.5 Å². The first-order valence-corrected chi connectivity index (χ1v) is 7.01. The summed E-state index contributed by atoms with van der Waals surface area (Å²) in [6.07, 6.45) is -0.947. The summed E-state index contributed by atoms with van der Waals surface area (Å²) in [7, 11) is 0. The minimum absolute atomic E-state index is 0.00343. The molecule has 1 N–H and O–H groups in total. The Bertz CT molecular complexity index is 607. The van der Waals surface area contributed by atoms with Gasteiger partial charge in [-0.2, -0.15) is 0 Å². The molecule has 0 saturated carbocycles. The molecule has 0 radical (unpaired) electrons. The molecule has 0 spiro atoms. The molecule has 0 aliphatic heterocycles. The molecule has 1 atom stereocenters. The fourth-order valence-electron chi connectivity index (χ4n) is 1.94. The van der Waals surface area contributed by atoms with E-state index >= 15 is 0 Å². The number of aliphatic hydroxyl groups is 1. The summed E-state index contributed by atoms with van der Waals surface area (Å²) >= 11 is 1.09. The minimum atomic E-state index is -0.944. The molecule has 2 rings (SSSR count). The lowest BCUT2D eigenvalue weighted by atomic mass is 9.89. The Kier molecular flexibility index (Phi) is 4.15. The van der Waals surface area contributed by atoms with Gasteiger partial charge in [0.1, 0.15) is 11.6 Å². The minimum Gasteiger partial charge on any atom is -0.387 e. The second-order valence-electron chi connectivity index (χ2n) is 5.69. The zero-order valence-corrected chi connectivity index (χ0v) is 12.3. The van der Waals surface area contributed by atoms with E-state index in [9.17, 15) is 13.9 Å². The van der Waals surface area contributed by atoms with Crippen LogP contribution in [0.2, 0.25) is 0 Å². The second-order valence-corrected chi connectivity index (χ2v) is 6.48. The monoisotopic (exact) mass is 298 g/mol. The van der Waals surface area contributed by atoms with Gasteiger partial charge in [0, 0.05) is 11.8 Å². The first-order valence-electron chi connectivity index (χ1n) is 6.23. The number of benzene rings is 1. The molecule has 3 nitrogen and oxygen atoms in total. The first-order chi connectivity index (χ1) is 9.29. The van der Waals surface area contributed by atoms with Crippen molar-refractivity contribution in [1.29, 1.82) is 0 Å². The molecule has 0 amide bonds. The third-order valence-electron chi connectivity index (χ3n) is 2.95. The summed E-state index contributed by atoms with van der Waals surface area (Å²) in [6.45, 7) is 5.88. The van der Waals surface area contributed by atoms with Gasteiger partial charge in [-0.3, -0.25) is 0 Å². The smallest absolute Gasteiger partial charge is 0.126 e. The van der Waals surface area contributed by atoms with Crippen LogP contribution in [0, 0.1) is 11.6 Å². The van der Waals surface area contributed by atoms with Crippen LogP contribution in [0.3, 0.4) is 0 Å². The van der Waals surface area contributed by atoms with E-state index in [-0.39, 0.29) is 17.4 Å². The van der Waals surface area contributed by atoms with Crippen LogP contribution < -0.4 is 0 Å². The molecule has 1 unspecified atom stereocenters. The number of hydrogen-bond acceptors (Lipinski definition) is 4. The van der Waals surface area contributed by atoms with Crippen LogP contribution in [0.15, 0.2) is 18.2 Å². The van der Waals surface area contributed by atoms with E-state index in [1.165, 1.54) is 0 Å². The maximum absolute atomic E-state index is 13.6. The third kappa shape index (κ3) is 3.19. The van der Waals surface area contributed by atoms with Gasteiger partial charge in [0.15, 0.2) is 0 Å². The van der Waals surface area contributed by atoms with Crippen LogP contribution in [0.25, 0.3) is 0 Å². The summed E-state index contributed by atoms with van der Waals surface area (Å²) in [5.41, 5.74) is 0.571. The van der Waals surface area contributed by atoms with Gasteiger partial charge < -0.3 is 5.11 Å². The van der Waals surface area contributed by atoms with Crippen LogP contribution >= 0.6 is 11.5 Å². The molecule has 1 aromatic heterocycles. The van der Waals surface area contributed by atoms with Crippen LogP contribution in [0.1, 0.15) is 43.0 Å². The van der Waals surface area contributed by atoms with E-state index in [1.807, 2.05) is 20.8 Å². The molecule has 0 fully saturated rings. The average molecular weight is 298 g/mol. The van der Waals surface area contributed by atoms with Crippen molar-refractivity contribution in [3.05, 3.63) is 46.0 Å². The topological polar surface area (TPSA) is 46.0 Å². The van der Waals surface area contributed by atoms with Crippen LogP contribution in [0.4, 0.5) is 8.78 Å². The number of aliphatic hydroxyl groups excluding tert-OH is 1. The van der Waals surface area contributed by atoms with Crippen molar-refractivity contribution < 1.29 is 13.9 Å². The van der Waals surface area contributed by atoms with Crippen molar-refractivity contribution in [1.82, 2.24) is 9.59 Å². The third-order valence-corrected chi connectivity index (χ3v) is 3.77. The summed E-state index contributed by atoms with van der Waals surface area (Å²) < 4.78 is 30.6. The Labute approximate surface area is 120 Å². The summed E-state index contributed by atoms with van der Waals surface area (Å²) in [6, 6.07) is 3.22. The second kappa shape index (κ2) is 5.54. The van der Waals surface area contributed by atoms with Gasteiger partial charge >= 0.3 is 0 Å². The normalized spacial score (nSPS) is 13.5. The van der Waals surface area contributed by atoms with E-state index in [0.717, 1.165) is 29.7 Å². The number of halogens is 2. The lowest BCUT2D eigenvalue weighted by Gasteiger charge is -2.19. The Hall–Kier alpha value is -1.40. The Morgan fingerprint density at radius 1 is 1.30 bits per heavy atom. The standard InChI is InChI=1S/C14H16F2N2OS/c1-14(2,3)13-12(20-18-17-13)11(19)7-8-6-9(15)4-5-10(8)16/h4-6,11,19H,7H2,1-3H3. The molecular formula is C14H16F2N2OS. The van der Waals surface area contributed by atoms with Gasteiger partial charge in [0.2, 0.25) is 0 Å². The van der Waals surface area contributed by atoms with E-state index in [1.54, 1.807) is 0 Å². The van der Waals surface area contributed by atoms with Crippen molar-refractivity contribution in [2.75, 3.05) is 0 Å². The maximum atomic E-state index is 13.6. The zero-order chi connectivity index (χ0) is 14.9. The molecule has 0 bridgehead atoms. The van der Waals surface area contributed by atoms with E-state index in [2.05, 4.69) is 9.59 Å². The fraction of sp³-hybridized carbons (Fsp3) is 0.429. The molecule has 2 aromatic rings. The largest absolute Gasteiger partial charge is 0.387 e. The molecule has 108 valence electrons. The summed E-state index contributed by atoms with van der Waals surface area (Å²) in [5, 5.41) is 14.3. The quantitative estimate of drug-likeness (QED) is 0.944. The average Bonchev–Trinajstić information content (AvgIpc) is 2.82. The van der Waals surface area contributed by atoms with Crippen molar-refractivity contribution in [3.8, 4) is 0 Å². The van der Waals surface area contributed by atoms with Gasteiger partial charge in [0.05, 0.1) is 16.7 Å². The number of aromatic nitrogens is 2. The van der Waals surface area contributed by atoms with Crippen molar-refractivity contribution in [3.63, 3.8) is 0 Å². The number of rotatable bonds is 3. The lowest BCUT2D eigenvalue weighted by Crippen LogP contribution is -2.16. The molecular weight excluding hydrogens is 282 g/mol. The number of nitrogens with zero attached hydrogens (tertiary/aromatic N) is 2. The Balaban J connectivity index is 2.27. The first kappa shape index (κ1) is 15.0. The highest BCUT2D eigenvalue weighted by atomic mass is 32.1. The van der Waals surface area contributed by atoms with Crippen molar-refractivity contribution in [2.24, 2.45) is 0 Å². The van der Waals surface area contributed by atoms with Crippen LogP contribution in [-0.2, 0) is 11.8 Å².